The number of hydrogen-bond donors (Lipinski definition) is 1. The van der Waals surface area contributed by atoms with Crippen LogP contribution in [0.2, 0.25) is 0 Å². The number of aromatic amines is 1. The maximum absolute atomic E-state index is 4.94. The van der Waals surface area contributed by atoms with Crippen molar-refractivity contribution in [3.05, 3.63) is 70.7 Å². The predicted molar refractivity (Wildman–Crippen MR) is 125 cm³/mol. The van der Waals surface area contributed by atoms with Crippen LogP contribution in [-0.2, 0) is 6.54 Å². The molecule has 0 bridgehead atoms. The maximum Gasteiger partial charge on any atom is 0.205 e. The van der Waals surface area contributed by atoms with Crippen LogP contribution in [-0.4, -0.2) is 30.2 Å². The van der Waals surface area contributed by atoms with E-state index in [4.69, 9.17) is 4.98 Å². The van der Waals surface area contributed by atoms with E-state index in [2.05, 4.69) is 80.1 Å². The molecule has 2 aromatic carbocycles. The Morgan fingerprint density at radius 2 is 1.84 bits per heavy atom. The number of aromatic nitrogens is 6. The average Bonchev–Trinajstić information content (AvgIpc) is 3.54. The zero-order chi connectivity index (χ0) is 21.2. The van der Waals surface area contributed by atoms with Gasteiger partial charge in [-0.3, -0.25) is 0 Å². The molecule has 7 heteroatoms. The normalized spacial score (nSPS) is 12.5. The molecular weight excluding hydrogens is 404 g/mol. The van der Waals surface area contributed by atoms with Gasteiger partial charge in [0.2, 0.25) is 5.82 Å². The lowest BCUT2D eigenvalue weighted by molar-refractivity contribution is 0.592. The van der Waals surface area contributed by atoms with Gasteiger partial charge < -0.3 is 4.57 Å². The third-order valence-electron chi connectivity index (χ3n) is 5.71. The van der Waals surface area contributed by atoms with Crippen molar-refractivity contribution in [2.75, 3.05) is 0 Å². The zero-order valence-corrected chi connectivity index (χ0v) is 18.4. The summed E-state index contributed by atoms with van der Waals surface area (Å²) in [6, 6.07) is 16.9. The van der Waals surface area contributed by atoms with Gasteiger partial charge in [-0.05, 0) is 28.3 Å². The largest absolute Gasteiger partial charge is 0.323 e. The van der Waals surface area contributed by atoms with Gasteiger partial charge in [-0.2, -0.15) is 5.21 Å². The standard InChI is InChI=1S/C24H24N6S/c1-3-6-16(2)24-25-21-14-31-15-22(21)30(24)13-17-9-11-18(12-10-17)19-7-4-5-8-20(19)23-26-28-29-27-23/h4-5,7-12,14-16H,3,6,13H2,1-2H3,(H,26,27,28,29). The minimum atomic E-state index is 0.448. The van der Waals surface area contributed by atoms with Crippen LogP contribution in [0.5, 0.6) is 0 Å². The molecule has 0 aliphatic rings. The Bertz CT molecular complexity index is 1280. The fraction of sp³-hybridized carbons (Fsp3) is 0.250. The summed E-state index contributed by atoms with van der Waals surface area (Å²) in [5.41, 5.74) is 6.79. The monoisotopic (exact) mass is 428 g/mol. The molecule has 0 fully saturated rings. The Labute approximate surface area is 185 Å². The van der Waals surface area contributed by atoms with E-state index in [0.717, 1.165) is 41.6 Å². The number of H-pyrrole nitrogens is 1. The summed E-state index contributed by atoms with van der Waals surface area (Å²) < 4.78 is 2.38. The third kappa shape index (κ3) is 3.77. The second-order valence-electron chi connectivity index (χ2n) is 7.87. The van der Waals surface area contributed by atoms with Gasteiger partial charge in [0.15, 0.2) is 0 Å². The second kappa shape index (κ2) is 8.43. The van der Waals surface area contributed by atoms with Crippen molar-refractivity contribution < 1.29 is 0 Å². The van der Waals surface area contributed by atoms with Crippen LogP contribution in [0, 0.1) is 0 Å². The van der Waals surface area contributed by atoms with E-state index in [-0.39, 0.29) is 0 Å². The van der Waals surface area contributed by atoms with Gasteiger partial charge >= 0.3 is 0 Å². The van der Waals surface area contributed by atoms with Crippen molar-refractivity contribution in [1.82, 2.24) is 30.2 Å². The molecule has 6 nitrogen and oxygen atoms in total. The van der Waals surface area contributed by atoms with Gasteiger partial charge in [-0.1, -0.05) is 68.8 Å². The number of tetrazole rings is 1. The van der Waals surface area contributed by atoms with Crippen molar-refractivity contribution in [2.45, 2.75) is 39.2 Å². The summed E-state index contributed by atoms with van der Waals surface area (Å²) >= 11 is 1.72. The third-order valence-corrected chi connectivity index (χ3v) is 6.42. The number of hydrogen-bond acceptors (Lipinski definition) is 5. The van der Waals surface area contributed by atoms with Crippen LogP contribution in [0.1, 0.15) is 44.0 Å². The fourth-order valence-electron chi connectivity index (χ4n) is 4.16. The average molecular weight is 429 g/mol. The first-order valence-corrected chi connectivity index (χ1v) is 11.5. The summed E-state index contributed by atoms with van der Waals surface area (Å²) in [5.74, 6) is 2.24. The molecule has 5 aromatic rings. The summed E-state index contributed by atoms with van der Waals surface area (Å²) in [6.07, 6.45) is 2.31. The molecule has 0 aliphatic heterocycles. The highest BCUT2D eigenvalue weighted by Crippen LogP contribution is 2.31. The molecule has 0 spiro atoms. The Hall–Kier alpha value is -3.32. The minimum Gasteiger partial charge on any atom is -0.323 e. The van der Waals surface area contributed by atoms with Gasteiger partial charge in [0, 0.05) is 28.8 Å². The lowest BCUT2D eigenvalue weighted by Gasteiger charge is -2.15. The second-order valence-corrected chi connectivity index (χ2v) is 8.61. The van der Waals surface area contributed by atoms with Crippen molar-refractivity contribution in [3.8, 4) is 22.5 Å². The molecule has 0 aliphatic carbocycles. The Morgan fingerprint density at radius 3 is 2.58 bits per heavy atom. The first-order valence-electron chi connectivity index (χ1n) is 10.6. The van der Waals surface area contributed by atoms with Crippen molar-refractivity contribution in [1.29, 1.82) is 0 Å². The predicted octanol–water partition coefficient (Wildman–Crippen LogP) is 5.90. The van der Waals surface area contributed by atoms with E-state index < -0.39 is 0 Å². The van der Waals surface area contributed by atoms with Crippen molar-refractivity contribution in [2.24, 2.45) is 0 Å². The van der Waals surface area contributed by atoms with Crippen LogP contribution >= 0.6 is 11.3 Å². The molecule has 1 unspecified atom stereocenters. The van der Waals surface area contributed by atoms with Gasteiger partial charge in [-0.15, -0.1) is 21.5 Å². The number of thiophene rings is 1. The minimum absolute atomic E-state index is 0.448. The van der Waals surface area contributed by atoms with E-state index in [1.165, 1.54) is 16.9 Å². The van der Waals surface area contributed by atoms with Crippen molar-refractivity contribution >= 4 is 22.4 Å². The van der Waals surface area contributed by atoms with E-state index in [1.54, 1.807) is 11.3 Å². The quantitative estimate of drug-likeness (QED) is 0.350. The molecule has 0 saturated carbocycles. The number of fused-ring (bicyclic) bond motifs is 1. The van der Waals surface area contributed by atoms with Gasteiger partial charge in [0.25, 0.3) is 0 Å². The molecule has 0 radical (unpaired) electrons. The SMILES string of the molecule is CCCC(C)c1nc2cscc2n1Cc1ccc(-c2ccccc2-c2nn[nH]n2)cc1. The Morgan fingerprint density at radius 1 is 1.03 bits per heavy atom. The molecule has 3 heterocycles. The van der Waals surface area contributed by atoms with Gasteiger partial charge in [0.1, 0.15) is 5.82 Å². The van der Waals surface area contributed by atoms with E-state index in [9.17, 15) is 0 Å². The molecule has 1 atom stereocenters. The molecule has 156 valence electrons. The molecule has 3 aromatic heterocycles. The van der Waals surface area contributed by atoms with E-state index in [0.29, 0.717) is 11.7 Å². The number of imidazole rings is 1. The number of benzene rings is 2. The Balaban J connectivity index is 1.47. The van der Waals surface area contributed by atoms with Crippen LogP contribution in [0.25, 0.3) is 33.5 Å². The zero-order valence-electron chi connectivity index (χ0n) is 17.6. The van der Waals surface area contributed by atoms with Gasteiger partial charge in [0.05, 0.1) is 11.0 Å². The summed E-state index contributed by atoms with van der Waals surface area (Å²) in [7, 11) is 0. The summed E-state index contributed by atoms with van der Waals surface area (Å²) in [5, 5.41) is 18.9. The van der Waals surface area contributed by atoms with E-state index in [1.807, 2.05) is 18.2 Å². The number of rotatable bonds is 7. The highest BCUT2D eigenvalue weighted by atomic mass is 32.1. The van der Waals surface area contributed by atoms with Crippen molar-refractivity contribution in [3.63, 3.8) is 0 Å². The highest BCUT2D eigenvalue weighted by Gasteiger charge is 2.17. The van der Waals surface area contributed by atoms with Crippen LogP contribution < -0.4 is 0 Å². The molecule has 5 rings (SSSR count). The molecular formula is C24H24N6S. The summed E-state index contributed by atoms with van der Waals surface area (Å²) in [6.45, 7) is 5.34. The maximum atomic E-state index is 4.94. The van der Waals surface area contributed by atoms with Crippen LogP contribution in [0.3, 0.4) is 0 Å². The first kappa shape index (κ1) is 19.6. The summed E-state index contributed by atoms with van der Waals surface area (Å²) in [4.78, 5) is 4.94. The lowest BCUT2D eigenvalue weighted by atomic mass is 9.98. The van der Waals surface area contributed by atoms with Crippen LogP contribution in [0.4, 0.5) is 0 Å². The number of nitrogens with one attached hydrogen (secondary N) is 1. The molecule has 31 heavy (non-hydrogen) atoms. The Kier molecular flexibility index (Phi) is 5.34. The molecule has 0 saturated heterocycles. The van der Waals surface area contributed by atoms with E-state index >= 15 is 0 Å². The van der Waals surface area contributed by atoms with Crippen LogP contribution in [0.15, 0.2) is 59.3 Å². The fourth-order valence-corrected chi connectivity index (χ4v) is 4.91. The molecule has 1 N–H and O–H groups in total. The smallest absolute Gasteiger partial charge is 0.205 e. The molecule has 0 amide bonds. The highest BCUT2D eigenvalue weighted by molar-refractivity contribution is 7.09. The first-order chi connectivity index (χ1) is 15.2. The topological polar surface area (TPSA) is 72.3 Å². The van der Waals surface area contributed by atoms with Gasteiger partial charge in [-0.25, -0.2) is 4.98 Å². The number of nitrogens with zero attached hydrogens (tertiary/aromatic N) is 5. The lowest BCUT2D eigenvalue weighted by Crippen LogP contribution is -2.08.